The summed E-state index contributed by atoms with van der Waals surface area (Å²) in [4.78, 5) is 65.5. The number of anilines is 1. The van der Waals surface area contributed by atoms with Crippen LogP contribution in [0.15, 0.2) is 30.6 Å². The molecule has 38 heavy (non-hydrogen) atoms. The van der Waals surface area contributed by atoms with Gasteiger partial charge in [0.1, 0.15) is 6.04 Å². The molecule has 6 rings (SSSR count). The summed E-state index contributed by atoms with van der Waals surface area (Å²) in [7, 11) is 0. The van der Waals surface area contributed by atoms with E-state index in [1.54, 1.807) is 24.4 Å². The van der Waals surface area contributed by atoms with E-state index < -0.39 is 29.7 Å². The van der Waals surface area contributed by atoms with E-state index in [4.69, 9.17) is 0 Å². The Balaban J connectivity index is 1.09. The monoisotopic (exact) mass is 518 g/mol. The van der Waals surface area contributed by atoms with Crippen molar-refractivity contribution in [3.8, 4) is 0 Å². The molecule has 4 heterocycles. The highest BCUT2D eigenvalue weighted by Gasteiger charge is 2.45. The number of benzene rings is 1. The second kappa shape index (κ2) is 9.70. The van der Waals surface area contributed by atoms with Crippen LogP contribution >= 0.6 is 0 Å². The molecule has 1 saturated carbocycles. The molecule has 5 amide bonds. The fraction of sp³-hybridized carbons (Fsp3) is 0.481. The molecule has 3 aliphatic heterocycles. The molecule has 2 saturated heterocycles. The largest absolute Gasteiger partial charge is 0.380 e. The average molecular weight is 519 g/mol. The van der Waals surface area contributed by atoms with Crippen molar-refractivity contribution in [2.45, 2.75) is 63.6 Å². The summed E-state index contributed by atoms with van der Waals surface area (Å²) in [5.41, 5.74) is 1.90. The Kier molecular flexibility index (Phi) is 6.21. The summed E-state index contributed by atoms with van der Waals surface area (Å²) in [5.74, 6) is -1.23. The zero-order valence-electron chi connectivity index (χ0n) is 21.0. The number of piperidine rings is 2. The molecular weight excluding hydrogens is 488 g/mol. The van der Waals surface area contributed by atoms with Crippen LogP contribution in [0.5, 0.6) is 0 Å². The van der Waals surface area contributed by atoms with Crippen molar-refractivity contribution in [1.82, 2.24) is 24.9 Å². The van der Waals surface area contributed by atoms with Gasteiger partial charge in [-0.3, -0.25) is 38.9 Å². The van der Waals surface area contributed by atoms with Gasteiger partial charge in [0.15, 0.2) is 0 Å². The van der Waals surface area contributed by atoms with Crippen molar-refractivity contribution in [2.75, 3.05) is 18.4 Å². The highest BCUT2D eigenvalue weighted by Crippen LogP contribution is 2.34. The van der Waals surface area contributed by atoms with Gasteiger partial charge in [-0.1, -0.05) is 6.07 Å². The van der Waals surface area contributed by atoms with Gasteiger partial charge >= 0.3 is 0 Å². The molecule has 0 radical (unpaired) electrons. The van der Waals surface area contributed by atoms with E-state index >= 15 is 0 Å². The Morgan fingerprint density at radius 1 is 1.03 bits per heavy atom. The summed E-state index contributed by atoms with van der Waals surface area (Å²) in [5, 5.41) is 10.0. The summed E-state index contributed by atoms with van der Waals surface area (Å²) < 4.78 is 1.95. The highest BCUT2D eigenvalue weighted by atomic mass is 16.2. The number of carbonyl (C=O) groups excluding carboxylic acids is 5. The highest BCUT2D eigenvalue weighted by molar-refractivity contribution is 6.25. The van der Waals surface area contributed by atoms with Gasteiger partial charge in [-0.15, -0.1) is 0 Å². The Labute approximate surface area is 219 Å². The maximum atomic E-state index is 13.3. The smallest absolute Gasteiger partial charge is 0.264 e. The van der Waals surface area contributed by atoms with Crippen LogP contribution in [0.4, 0.5) is 5.69 Å². The Bertz CT molecular complexity index is 1320. The minimum atomic E-state index is -0.999. The molecule has 11 nitrogen and oxygen atoms in total. The lowest BCUT2D eigenvalue weighted by Crippen LogP contribution is -2.54. The lowest BCUT2D eigenvalue weighted by molar-refractivity contribution is -0.136. The van der Waals surface area contributed by atoms with Gasteiger partial charge in [0, 0.05) is 49.9 Å². The lowest BCUT2D eigenvalue weighted by atomic mass is 10.0. The van der Waals surface area contributed by atoms with Gasteiger partial charge in [-0.05, 0) is 50.2 Å². The molecule has 1 atom stereocenters. The predicted octanol–water partition coefficient (Wildman–Crippen LogP) is 1.86. The maximum Gasteiger partial charge on any atom is 0.264 e. The van der Waals surface area contributed by atoms with Gasteiger partial charge in [0.05, 0.1) is 23.4 Å². The predicted molar refractivity (Wildman–Crippen MR) is 135 cm³/mol. The first-order valence-electron chi connectivity index (χ1n) is 13.3. The molecular formula is C27H30N6O5. The summed E-state index contributed by atoms with van der Waals surface area (Å²) in [6.07, 6.45) is 8.73. The fourth-order valence-electron chi connectivity index (χ4n) is 5.61. The number of carbonyl (C=O) groups is 5. The zero-order chi connectivity index (χ0) is 26.4. The van der Waals surface area contributed by atoms with Crippen LogP contribution in [0.3, 0.4) is 0 Å². The van der Waals surface area contributed by atoms with Crippen LogP contribution in [0, 0.1) is 5.92 Å². The van der Waals surface area contributed by atoms with Crippen LogP contribution in [-0.2, 0) is 20.9 Å². The molecule has 3 fully saturated rings. The minimum absolute atomic E-state index is 0.0781. The van der Waals surface area contributed by atoms with Crippen LogP contribution in [-0.4, -0.2) is 68.2 Å². The van der Waals surface area contributed by atoms with Crippen LogP contribution < -0.4 is 10.6 Å². The standard InChI is InChI=1S/C27H30N6O5/c34-22-7-6-21(25(36)30-22)33-26(37)19-2-1-3-20(24(19)27(33)38)28-13-17-14-29-32(15-17)18-8-10-31(11-9-18)23(35)12-16-4-5-16/h1-3,14-16,18,21,28H,4-13H2,(H,30,34,36). The second-order valence-corrected chi connectivity index (χ2v) is 10.6. The number of nitrogens with zero attached hydrogens (tertiary/aromatic N) is 4. The number of aromatic nitrogens is 2. The topological polar surface area (TPSA) is 134 Å². The molecule has 2 N–H and O–H groups in total. The molecule has 11 heteroatoms. The van der Waals surface area contributed by atoms with Gasteiger partial charge in [0.2, 0.25) is 17.7 Å². The Hall–Kier alpha value is -4.02. The quantitative estimate of drug-likeness (QED) is 0.535. The third-order valence-corrected chi connectivity index (χ3v) is 7.96. The van der Waals surface area contributed by atoms with Crippen LogP contribution in [0.25, 0.3) is 0 Å². The minimum Gasteiger partial charge on any atom is -0.380 e. The van der Waals surface area contributed by atoms with Crippen LogP contribution in [0.1, 0.15) is 77.3 Å². The molecule has 1 aromatic heterocycles. The van der Waals surface area contributed by atoms with Gasteiger partial charge < -0.3 is 10.2 Å². The van der Waals surface area contributed by atoms with Crippen molar-refractivity contribution < 1.29 is 24.0 Å². The normalized spacial score (nSPS) is 22.1. The van der Waals surface area contributed by atoms with E-state index in [0.29, 0.717) is 24.6 Å². The second-order valence-electron chi connectivity index (χ2n) is 10.6. The van der Waals surface area contributed by atoms with Gasteiger partial charge in [0.25, 0.3) is 11.8 Å². The van der Waals surface area contributed by atoms with E-state index in [2.05, 4.69) is 15.7 Å². The summed E-state index contributed by atoms with van der Waals surface area (Å²) in [6, 6.07) is 4.24. The van der Waals surface area contributed by atoms with Crippen molar-refractivity contribution in [3.05, 3.63) is 47.3 Å². The van der Waals surface area contributed by atoms with E-state index in [1.165, 1.54) is 12.8 Å². The zero-order valence-corrected chi connectivity index (χ0v) is 21.0. The molecule has 0 bridgehead atoms. The van der Waals surface area contributed by atoms with Crippen molar-refractivity contribution in [2.24, 2.45) is 5.92 Å². The average Bonchev–Trinajstić information content (AvgIpc) is 3.53. The van der Waals surface area contributed by atoms with E-state index in [-0.39, 0.29) is 35.9 Å². The number of fused-ring (bicyclic) bond motifs is 1. The molecule has 0 spiro atoms. The maximum absolute atomic E-state index is 13.3. The number of hydrogen-bond acceptors (Lipinski definition) is 7. The fourth-order valence-corrected chi connectivity index (χ4v) is 5.61. The SMILES string of the molecule is O=C1CCC(N2C(=O)c3cccc(NCc4cnn(C5CCN(C(=O)CC6CC6)CC5)c4)c3C2=O)C(=O)N1. The summed E-state index contributed by atoms with van der Waals surface area (Å²) >= 11 is 0. The van der Waals surface area contributed by atoms with Gasteiger partial charge in [-0.2, -0.15) is 5.10 Å². The van der Waals surface area contributed by atoms with Crippen molar-refractivity contribution >= 4 is 35.2 Å². The molecule has 1 aromatic carbocycles. The first kappa shape index (κ1) is 24.3. The Morgan fingerprint density at radius 3 is 2.55 bits per heavy atom. The van der Waals surface area contributed by atoms with E-state index in [1.807, 2.05) is 15.8 Å². The van der Waals surface area contributed by atoms with Crippen molar-refractivity contribution in [3.63, 3.8) is 0 Å². The number of likely N-dealkylation sites (tertiary alicyclic amines) is 1. The molecule has 1 unspecified atom stereocenters. The lowest BCUT2D eigenvalue weighted by Gasteiger charge is -2.32. The first-order valence-corrected chi connectivity index (χ1v) is 13.3. The molecule has 2 aromatic rings. The van der Waals surface area contributed by atoms with E-state index in [0.717, 1.165) is 36.4 Å². The number of nitrogens with one attached hydrogen (secondary N) is 2. The number of hydrogen-bond donors (Lipinski definition) is 2. The third kappa shape index (κ3) is 4.57. The van der Waals surface area contributed by atoms with Crippen LogP contribution in [0.2, 0.25) is 0 Å². The number of imide groups is 2. The molecule has 4 aliphatic rings. The molecule has 1 aliphatic carbocycles. The number of amides is 5. The molecule has 198 valence electrons. The number of rotatable bonds is 7. The van der Waals surface area contributed by atoms with E-state index in [9.17, 15) is 24.0 Å². The first-order chi connectivity index (χ1) is 18.4. The van der Waals surface area contributed by atoms with Crippen molar-refractivity contribution in [1.29, 1.82) is 0 Å². The third-order valence-electron chi connectivity index (χ3n) is 7.96. The van der Waals surface area contributed by atoms with Gasteiger partial charge in [-0.25, -0.2) is 0 Å². The summed E-state index contributed by atoms with van der Waals surface area (Å²) in [6.45, 7) is 1.90. The Morgan fingerprint density at radius 2 is 1.82 bits per heavy atom.